The molecule has 0 aromatic heterocycles. The van der Waals surface area contributed by atoms with E-state index in [2.05, 4.69) is 42.2 Å². The summed E-state index contributed by atoms with van der Waals surface area (Å²) >= 11 is 0. The Morgan fingerprint density at radius 1 is 1.02 bits per heavy atom. The molecule has 8 nitrogen and oxygen atoms in total. The fraction of sp³-hybridized carbons (Fsp3) is 0.618. The molecule has 1 aliphatic rings. The van der Waals surface area contributed by atoms with E-state index in [9.17, 15) is 9.90 Å². The number of benzene rings is 2. The predicted octanol–water partition coefficient (Wildman–Crippen LogP) is 5.01. The van der Waals surface area contributed by atoms with Gasteiger partial charge in [-0.25, -0.2) is 0 Å². The molecule has 8 heteroatoms. The lowest BCUT2D eigenvalue weighted by atomic mass is 9.67. The Labute approximate surface area is 252 Å². The van der Waals surface area contributed by atoms with Crippen LogP contribution in [0.2, 0.25) is 0 Å². The van der Waals surface area contributed by atoms with Gasteiger partial charge in [-0.15, -0.1) is 0 Å². The SMILES string of the molecule is CCN1CCC(c2ccccc2)(c2cc(CCOCCC(=O)N(CCOC(C)(C)C)CC(OC)OC)ccc2O)CC1. The van der Waals surface area contributed by atoms with Crippen LogP contribution in [0.15, 0.2) is 48.5 Å². The number of aromatic hydroxyl groups is 1. The van der Waals surface area contributed by atoms with Crippen LogP contribution in [-0.4, -0.2) is 99.5 Å². The van der Waals surface area contributed by atoms with E-state index in [0.29, 0.717) is 45.1 Å². The number of amides is 1. The summed E-state index contributed by atoms with van der Waals surface area (Å²) in [5, 5.41) is 11.0. The molecule has 0 bridgehead atoms. The summed E-state index contributed by atoms with van der Waals surface area (Å²) in [7, 11) is 3.13. The number of rotatable bonds is 16. The van der Waals surface area contributed by atoms with E-state index in [1.807, 2.05) is 39.0 Å². The van der Waals surface area contributed by atoms with Crippen LogP contribution in [0.25, 0.3) is 0 Å². The molecule has 1 aliphatic heterocycles. The Morgan fingerprint density at radius 3 is 2.33 bits per heavy atom. The Hall–Kier alpha value is -2.49. The van der Waals surface area contributed by atoms with Crippen LogP contribution in [0.3, 0.4) is 0 Å². The summed E-state index contributed by atoms with van der Waals surface area (Å²) in [6, 6.07) is 16.5. The van der Waals surface area contributed by atoms with Gasteiger partial charge in [-0.3, -0.25) is 4.79 Å². The minimum atomic E-state index is -0.499. The first kappa shape index (κ1) is 34.0. The maximum atomic E-state index is 13.0. The van der Waals surface area contributed by atoms with E-state index < -0.39 is 6.29 Å². The molecule has 0 aliphatic carbocycles. The first-order valence-electron chi connectivity index (χ1n) is 15.3. The van der Waals surface area contributed by atoms with Gasteiger partial charge in [-0.2, -0.15) is 0 Å². The number of phenols is 1. The summed E-state index contributed by atoms with van der Waals surface area (Å²) in [5.41, 5.74) is 2.87. The first-order valence-corrected chi connectivity index (χ1v) is 15.3. The van der Waals surface area contributed by atoms with Crippen molar-refractivity contribution in [2.24, 2.45) is 0 Å². The van der Waals surface area contributed by atoms with Crippen molar-refractivity contribution in [1.82, 2.24) is 9.80 Å². The molecule has 0 spiro atoms. The fourth-order valence-electron chi connectivity index (χ4n) is 5.66. The number of hydrogen-bond donors (Lipinski definition) is 1. The largest absolute Gasteiger partial charge is 0.508 e. The Balaban J connectivity index is 1.59. The molecule has 1 saturated heterocycles. The number of likely N-dealkylation sites (tertiary alicyclic amines) is 1. The summed E-state index contributed by atoms with van der Waals surface area (Å²) in [4.78, 5) is 17.2. The van der Waals surface area contributed by atoms with Crippen molar-refractivity contribution >= 4 is 5.91 Å². The zero-order chi connectivity index (χ0) is 30.6. The normalized spacial score (nSPS) is 15.7. The number of carbonyl (C=O) groups excluding carboxylic acids is 1. The Morgan fingerprint density at radius 2 is 1.71 bits per heavy atom. The molecule has 234 valence electrons. The average Bonchev–Trinajstić information content (AvgIpc) is 2.99. The second-order valence-electron chi connectivity index (χ2n) is 12.0. The molecular weight excluding hydrogens is 532 g/mol. The maximum absolute atomic E-state index is 13.0. The molecule has 1 amide bonds. The molecule has 3 rings (SSSR count). The summed E-state index contributed by atoms with van der Waals surface area (Å²) < 4.78 is 22.4. The highest BCUT2D eigenvalue weighted by Gasteiger charge is 2.39. The quantitative estimate of drug-likeness (QED) is 0.220. The van der Waals surface area contributed by atoms with Crippen LogP contribution in [0.1, 0.15) is 63.6 Å². The van der Waals surface area contributed by atoms with Crippen LogP contribution in [0.4, 0.5) is 0 Å². The van der Waals surface area contributed by atoms with Gasteiger partial charge in [0, 0.05) is 31.7 Å². The number of hydrogen-bond acceptors (Lipinski definition) is 7. The van der Waals surface area contributed by atoms with E-state index >= 15 is 0 Å². The second-order valence-corrected chi connectivity index (χ2v) is 12.0. The van der Waals surface area contributed by atoms with Gasteiger partial charge in [0.2, 0.25) is 5.91 Å². The summed E-state index contributed by atoms with van der Waals surface area (Å²) in [6.45, 7) is 13.3. The molecule has 0 atom stereocenters. The van der Waals surface area contributed by atoms with Crippen molar-refractivity contribution in [1.29, 1.82) is 0 Å². The van der Waals surface area contributed by atoms with Gasteiger partial charge < -0.3 is 33.9 Å². The molecule has 1 heterocycles. The van der Waals surface area contributed by atoms with Crippen molar-refractivity contribution in [3.63, 3.8) is 0 Å². The van der Waals surface area contributed by atoms with Gasteiger partial charge in [-0.1, -0.05) is 49.4 Å². The number of ether oxygens (including phenoxy) is 4. The van der Waals surface area contributed by atoms with Gasteiger partial charge in [0.05, 0.1) is 38.4 Å². The van der Waals surface area contributed by atoms with E-state index in [1.165, 1.54) is 5.56 Å². The number of phenolic OH excluding ortho intramolecular Hbond substituents is 1. The summed E-state index contributed by atoms with van der Waals surface area (Å²) in [5.74, 6) is 0.321. The minimum absolute atomic E-state index is 0.0262. The standard InChI is InChI=1S/C34H52N2O6/c1-7-35-19-17-34(18-20-35,28-11-9-8-10-12-28)29-25-27(13-14-30(29)37)15-22-41-23-16-31(38)36(26-32(39-5)40-6)21-24-42-33(2,3)4/h8-14,25,32,37H,7,15-24,26H2,1-6H3. The third kappa shape index (κ3) is 9.78. The lowest BCUT2D eigenvalue weighted by Crippen LogP contribution is -2.43. The molecule has 42 heavy (non-hydrogen) atoms. The number of methoxy groups -OCH3 is 2. The summed E-state index contributed by atoms with van der Waals surface area (Å²) in [6.07, 6.45) is 2.39. The molecule has 0 saturated carbocycles. The van der Waals surface area contributed by atoms with Gasteiger partial charge in [-0.05, 0) is 76.9 Å². The Bertz CT molecular complexity index is 1080. The third-order valence-corrected chi connectivity index (χ3v) is 8.20. The maximum Gasteiger partial charge on any atom is 0.225 e. The van der Waals surface area contributed by atoms with Crippen molar-refractivity contribution in [3.05, 3.63) is 65.2 Å². The molecule has 2 aromatic carbocycles. The molecule has 2 aromatic rings. The van der Waals surface area contributed by atoms with Crippen molar-refractivity contribution in [2.75, 3.05) is 66.8 Å². The molecular formula is C34H52N2O6. The van der Waals surface area contributed by atoms with Gasteiger partial charge >= 0.3 is 0 Å². The Kier molecular flexibility index (Phi) is 13.3. The van der Waals surface area contributed by atoms with Crippen LogP contribution in [0, 0.1) is 0 Å². The first-order chi connectivity index (χ1) is 20.1. The molecule has 0 unspecified atom stereocenters. The van der Waals surface area contributed by atoms with Crippen molar-refractivity contribution in [3.8, 4) is 5.75 Å². The predicted molar refractivity (Wildman–Crippen MR) is 166 cm³/mol. The highest BCUT2D eigenvalue weighted by atomic mass is 16.7. The minimum Gasteiger partial charge on any atom is -0.508 e. The van der Waals surface area contributed by atoms with Gasteiger partial charge in [0.25, 0.3) is 0 Å². The van der Waals surface area contributed by atoms with E-state index in [1.54, 1.807) is 19.1 Å². The van der Waals surface area contributed by atoms with Gasteiger partial charge in [0.15, 0.2) is 6.29 Å². The lowest BCUT2D eigenvalue weighted by Gasteiger charge is -2.43. The molecule has 0 radical (unpaired) electrons. The third-order valence-electron chi connectivity index (χ3n) is 8.20. The topological polar surface area (TPSA) is 80.7 Å². The molecule has 1 N–H and O–H groups in total. The van der Waals surface area contributed by atoms with Crippen LogP contribution < -0.4 is 0 Å². The average molecular weight is 585 g/mol. The number of piperidine rings is 1. The number of nitrogens with zero attached hydrogens (tertiary/aromatic N) is 2. The van der Waals surface area contributed by atoms with E-state index in [4.69, 9.17) is 18.9 Å². The highest BCUT2D eigenvalue weighted by molar-refractivity contribution is 5.76. The van der Waals surface area contributed by atoms with Crippen LogP contribution in [0.5, 0.6) is 5.75 Å². The second kappa shape index (κ2) is 16.4. The lowest BCUT2D eigenvalue weighted by molar-refractivity contribution is -0.148. The van der Waals surface area contributed by atoms with Crippen LogP contribution in [-0.2, 0) is 35.6 Å². The zero-order valence-corrected chi connectivity index (χ0v) is 26.6. The van der Waals surface area contributed by atoms with Crippen LogP contribution >= 0.6 is 0 Å². The van der Waals surface area contributed by atoms with E-state index in [-0.39, 0.29) is 23.3 Å². The number of carbonyl (C=O) groups is 1. The van der Waals surface area contributed by atoms with Gasteiger partial charge in [0.1, 0.15) is 5.75 Å². The fourth-order valence-corrected chi connectivity index (χ4v) is 5.66. The van der Waals surface area contributed by atoms with E-state index in [0.717, 1.165) is 43.6 Å². The van der Waals surface area contributed by atoms with Crippen molar-refractivity contribution in [2.45, 2.75) is 70.7 Å². The smallest absolute Gasteiger partial charge is 0.225 e. The monoisotopic (exact) mass is 584 g/mol. The zero-order valence-electron chi connectivity index (χ0n) is 26.6. The van der Waals surface area contributed by atoms with Crippen molar-refractivity contribution < 1.29 is 28.8 Å². The molecule has 1 fully saturated rings. The highest BCUT2D eigenvalue weighted by Crippen LogP contribution is 2.45.